The molecule has 0 aliphatic rings. The largest absolute Gasteiger partial charge is 0.298 e. The summed E-state index contributed by atoms with van der Waals surface area (Å²) in [6.07, 6.45) is 3.19. The standard InChI is InChI=1S/C10H15NS.C8H8O/c1-11(12)9-5-8-10-6-3-2-4-7-10;1-7-4-2-3-5-8(7)6-9/h2-4,6-7,12H,5,8-9H2,1H3;2-6H,1H3. The van der Waals surface area contributed by atoms with Gasteiger partial charge in [-0.25, -0.2) is 0 Å². The highest BCUT2D eigenvalue weighted by atomic mass is 32.1. The summed E-state index contributed by atoms with van der Waals surface area (Å²) in [7, 11) is 1.98. The van der Waals surface area contributed by atoms with Crippen LogP contribution < -0.4 is 0 Å². The second kappa shape index (κ2) is 10.2. The molecule has 0 radical (unpaired) electrons. The Bertz CT molecular complexity index is 526. The number of rotatable bonds is 5. The minimum absolute atomic E-state index is 0.775. The highest BCUT2D eigenvalue weighted by molar-refractivity contribution is 7.77. The summed E-state index contributed by atoms with van der Waals surface area (Å²) in [5.74, 6) is 0. The van der Waals surface area contributed by atoms with Gasteiger partial charge in [-0.05, 0) is 37.9 Å². The van der Waals surface area contributed by atoms with E-state index in [0.29, 0.717) is 0 Å². The van der Waals surface area contributed by atoms with Crippen LogP contribution in [0.5, 0.6) is 0 Å². The van der Waals surface area contributed by atoms with E-state index in [1.165, 1.54) is 12.0 Å². The maximum Gasteiger partial charge on any atom is 0.150 e. The average Bonchev–Trinajstić information content (AvgIpc) is 2.49. The lowest BCUT2D eigenvalue weighted by atomic mass is 10.1. The highest BCUT2D eigenvalue weighted by Crippen LogP contribution is 2.03. The molecule has 0 aliphatic heterocycles. The maximum absolute atomic E-state index is 10.2. The lowest BCUT2D eigenvalue weighted by Crippen LogP contribution is -2.07. The van der Waals surface area contributed by atoms with E-state index in [4.69, 9.17) is 0 Å². The van der Waals surface area contributed by atoms with Gasteiger partial charge in [-0.15, -0.1) is 0 Å². The van der Waals surface area contributed by atoms with Crippen molar-refractivity contribution in [3.8, 4) is 0 Å². The Kier molecular flexibility index (Phi) is 8.48. The Morgan fingerprint density at radius 1 is 1.05 bits per heavy atom. The predicted octanol–water partition coefficient (Wildman–Crippen LogP) is 4.20. The van der Waals surface area contributed by atoms with E-state index in [1.807, 2.05) is 48.6 Å². The molecule has 0 saturated heterocycles. The number of nitrogens with zero attached hydrogens (tertiary/aromatic N) is 1. The molecule has 0 aliphatic carbocycles. The molecule has 0 bridgehead atoms. The summed E-state index contributed by atoms with van der Waals surface area (Å²) >= 11 is 4.18. The van der Waals surface area contributed by atoms with Crippen LogP contribution in [0, 0.1) is 6.92 Å². The first kappa shape index (κ1) is 17.5. The molecule has 2 rings (SSSR count). The zero-order chi connectivity index (χ0) is 15.5. The molecule has 0 heterocycles. The minimum atomic E-state index is 0.775. The number of carbonyl (C=O) groups excluding carboxylic acids is 1. The Morgan fingerprint density at radius 2 is 1.67 bits per heavy atom. The van der Waals surface area contributed by atoms with Crippen molar-refractivity contribution in [2.75, 3.05) is 13.6 Å². The molecular formula is C18H23NOS. The number of hydrogen-bond acceptors (Lipinski definition) is 3. The van der Waals surface area contributed by atoms with Crippen LogP contribution in [0.2, 0.25) is 0 Å². The van der Waals surface area contributed by atoms with Gasteiger partial charge < -0.3 is 0 Å². The fourth-order valence-corrected chi connectivity index (χ4v) is 2.02. The van der Waals surface area contributed by atoms with E-state index in [1.54, 1.807) is 0 Å². The summed E-state index contributed by atoms with van der Waals surface area (Å²) in [4.78, 5) is 10.2. The smallest absolute Gasteiger partial charge is 0.150 e. The molecule has 0 spiro atoms. The molecule has 0 saturated carbocycles. The van der Waals surface area contributed by atoms with Crippen LogP contribution >= 0.6 is 12.8 Å². The normalized spacial score (nSPS) is 9.90. The van der Waals surface area contributed by atoms with Crippen LogP contribution in [0.3, 0.4) is 0 Å². The van der Waals surface area contributed by atoms with Crippen molar-refractivity contribution < 1.29 is 4.79 Å². The molecule has 3 heteroatoms. The number of carbonyl (C=O) groups is 1. The third kappa shape index (κ3) is 7.69. The zero-order valence-electron chi connectivity index (χ0n) is 12.7. The fraction of sp³-hybridized carbons (Fsp3) is 0.278. The van der Waals surface area contributed by atoms with Crippen molar-refractivity contribution in [3.05, 3.63) is 71.3 Å². The number of thiol groups is 1. The summed E-state index contributed by atoms with van der Waals surface area (Å²) < 4.78 is 1.92. The second-order valence-electron chi connectivity index (χ2n) is 4.94. The monoisotopic (exact) mass is 301 g/mol. The first-order chi connectivity index (χ1) is 10.1. The Labute approximate surface area is 133 Å². The highest BCUT2D eigenvalue weighted by Gasteiger charge is 1.93. The third-order valence-corrected chi connectivity index (χ3v) is 3.31. The first-order valence-electron chi connectivity index (χ1n) is 7.08. The van der Waals surface area contributed by atoms with Crippen LogP contribution in [0.25, 0.3) is 0 Å². The Balaban J connectivity index is 0.000000219. The summed E-state index contributed by atoms with van der Waals surface area (Å²) in [5, 5.41) is 0. The van der Waals surface area contributed by atoms with E-state index in [2.05, 4.69) is 37.1 Å². The lowest BCUT2D eigenvalue weighted by molar-refractivity contribution is 0.112. The number of aldehydes is 1. The molecule has 2 aromatic carbocycles. The van der Waals surface area contributed by atoms with E-state index >= 15 is 0 Å². The van der Waals surface area contributed by atoms with E-state index in [-0.39, 0.29) is 0 Å². The van der Waals surface area contributed by atoms with Gasteiger partial charge in [0.25, 0.3) is 0 Å². The van der Waals surface area contributed by atoms with Gasteiger partial charge in [-0.2, -0.15) is 0 Å². The van der Waals surface area contributed by atoms with Crippen LogP contribution in [0.15, 0.2) is 54.6 Å². The summed E-state index contributed by atoms with van der Waals surface area (Å²) in [6.45, 7) is 2.96. The van der Waals surface area contributed by atoms with Crippen molar-refractivity contribution in [3.63, 3.8) is 0 Å². The Morgan fingerprint density at radius 3 is 2.19 bits per heavy atom. The molecule has 2 aromatic rings. The number of aryl methyl sites for hydroxylation is 2. The van der Waals surface area contributed by atoms with Crippen LogP contribution in [-0.2, 0) is 6.42 Å². The Hall–Kier alpha value is -1.58. The average molecular weight is 301 g/mol. The molecule has 0 unspecified atom stereocenters. The zero-order valence-corrected chi connectivity index (χ0v) is 13.6. The first-order valence-corrected chi connectivity index (χ1v) is 7.48. The molecule has 2 nitrogen and oxygen atoms in total. The lowest BCUT2D eigenvalue weighted by Gasteiger charge is -2.07. The molecular weight excluding hydrogens is 278 g/mol. The molecule has 0 fully saturated rings. The van der Waals surface area contributed by atoms with Crippen LogP contribution in [-0.4, -0.2) is 24.2 Å². The molecule has 112 valence electrons. The van der Waals surface area contributed by atoms with Crippen molar-refractivity contribution >= 4 is 19.1 Å². The van der Waals surface area contributed by atoms with Gasteiger partial charge in [0.15, 0.2) is 0 Å². The van der Waals surface area contributed by atoms with Crippen molar-refractivity contribution in [2.45, 2.75) is 19.8 Å². The van der Waals surface area contributed by atoms with Crippen molar-refractivity contribution in [1.29, 1.82) is 0 Å². The van der Waals surface area contributed by atoms with Gasteiger partial charge in [0.05, 0.1) is 0 Å². The molecule has 21 heavy (non-hydrogen) atoms. The summed E-state index contributed by atoms with van der Waals surface area (Å²) in [6, 6.07) is 18.1. The van der Waals surface area contributed by atoms with E-state index < -0.39 is 0 Å². The van der Waals surface area contributed by atoms with Crippen LogP contribution in [0.1, 0.15) is 27.9 Å². The van der Waals surface area contributed by atoms with Gasteiger partial charge in [-0.3, -0.25) is 9.10 Å². The minimum Gasteiger partial charge on any atom is -0.298 e. The topological polar surface area (TPSA) is 20.3 Å². The van der Waals surface area contributed by atoms with Crippen molar-refractivity contribution in [2.24, 2.45) is 0 Å². The van der Waals surface area contributed by atoms with E-state index in [0.717, 1.165) is 30.4 Å². The summed E-state index contributed by atoms with van der Waals surface area (Å²) in [5.41, 5.74) is 3.22. The van der Waals surface area contributed by atoms with Crippen molar-refractivity contribution in [1.82, 2.24) is 4.31 Å². The predicted molar refractivity (Wildman–Crippen MR) is 92.9 cm³/mol. The number of hydrogen-bond donors (Lipinski definition) is 1. The molecule has 0 aromatic heterocycles. The van der Waals surface area contributed by atoms with Crippen LogP contribution in [0.4, 0.5) is 0 Å². The second-order valence-corrected chi connectivity index (χ2v) is 5.63. The fourth-order valence-electron chi connectivity index (χ4n) is 1.88. The molecule has 0 atom stereocenters. The van der Waals surface area contributed by atoms with Gasteiger partial charge in [0.2, 0.25) is 0 Å². The molecule has 0 amide bonds. The van der Waals surface area contributed by atoms with E-state index in [9.17, 15) is 4.79 Å². The van der Waals surface area contributed by atoms with Gasteiger partial charge in [-0.1, -0.05) is 67.4 Å². The van der Waals surface area contributed by atoms with Gasteiger partial charge in [0.1, 0.15) is 6.29 Å². The SMILES string of the molecule is CN(S)CCCc1ccccc1.Cc1ccccc1C=O. The third-order valence-electron chi connectivity index (χ3n) is 3.11. The van der Waals surface area contributed by atoms with Gasteiger partial charge >= 0.3 is 0 Å². The van der Waals surface area contributed by atoms with Gasteiger partial charge in [0, 0.05) is 12.1 Å². The quantitative estimate of drug-likeness (QED) is 0.659. The number of benzene rings is 2. The molecule has 0 N–H and O–H groups in total. The maximum atomic E-state index is 10.2.